The van der Waals surface area contributed by atoms with Gasteiger partial charge in [-0.2, -0.15) is 4.68 Å². The monoisotopic (exact) mass is 302 g/mol. The van der Waals surface area contributed by atoms with Crippen LogP contribution in [0.3, 0.4) is 0 Å². The fraction of sp³-hybridized carbons (Fsp3) is 0.467. The van der Waals surface area contributed by atoms with Crippen molar-refractivity contribution in [1.29, 1.82) is 0 Å². The Morgan fingerprint density at radius 1 is 1.36 bits per heavy atom. The van der Waals surface area contributed by atoms with Gasteiger partial charge in [0.05, 0.1) is 11.3 Å². The second-order valence-electron chi connectivity index (χ2n) is 5.69. The average molecular weight is 302 g/mol. The lowest BCUT2D eigenvalue weighted by Gasteiger charge is -2.22. The fourth-order valence-electron chi connectivity index (χ4n) is 2.11. The van der Waals surface area contributed by atoms with Crippen molar-refractivity contribution in [3.05, 3.63) is 36.2 Å². The van der Waals surface area contributed by atoms with Crippen LogP contribution in [0.5, 0.6) is 0 Å². The van der Waals surface area contributed by atoms with Crippen LogP contribution in [0.4, 0.5) is 0 Å². The number of benzene rings is 1. The van der Waals surface area contributed by atoms with Gasteiger partial charge in [0, 0.05) is 19.6 Å². The third-order valence-electron chi connectivity index (χ3n) is 3.73. The molecule has 118 valence electrons. The number of carbonyl (C=O) groups is 1. The number of aromatic nitrogens is 4. The van der Waals surface area contributed by atoms with E-state index in [0.29, 0.717) is 23.7 Å². The minimum absolute atomic E-state index is 0.0675. The lowest BCUT2D eigenvalue weighted by atomic mass is 10.0. The number of amides is 1. The Morgan fingerprint density at radius 2 is 2.09 bits per heavy atom. The van der Waals surface area contributed by atoms with Crippen molar-refractivity contribution in [2.75, 3.05) is 13.6 Å². The molecule has 0 bridgehead atoms. The molecule has 0 aliphatic carbocycles. The van der Waals surface area contributed by atoms with Gasteiger partial charge in [-0.1, -0.05) is 26.0 Å². The molecule has 0 aliphatic heterocycles. The second kappa shape index (κ2) is 7.13. The van der Waals surface area contributed by atoms with Crippen LogP contribution >= 0.6 is 0 Å². The molecule has 0 spiro atoms. The Hall–Kier alpha value is -2.28. The number of para-hydroxylation sites is 1. The zero-order valence-electron chi connectivity index (χ0n) is 13.2. The van der Waals surface area contributed by atoms with Gasteiger partial charge in [-0.25, -0.2) is 0 Å². The van der Waals surface area contributed by atoms with Crippen molar-refractivity contribution < 1.29 is 4.79 Å². The number of nitrogens with two attached hydrogens (primary N) is 1. The molecule has 0 saturated carbocycles. The standard InChI is InChI=1S/C15H22N6O/c1-11(2)13(16)8-9-20(3)15(22)12-6-4-5-7-14(12)21-10-17-18-19-21/h4-7,10-11,13H,8-9,16H2,1-3H3. The first-order chi connectivity index (χ1) is 10.5. The van der Waals surface area contributed by atoms with Gasteiger partial charge in [-0.15, -0.1) is 5.10 Å². The molecule has 2 N–H and O–H groups in total. The number of carbonyl (C=O) groups excluding carboxylic acids is 1. The highest BCUT2D eigenvalue weighted by molar-refractivity contribution is 5.97. The Bertz CT molecular complexity index is 610. The van der Waals surface area contributed by atoms with E-state index in [-0.39, 0.29) is 11.9 Å². The van der Waals surface area contributed by atoms with Crippen LogP contribution < -0.4 is 5.73 Å². The summed E-state index contributed by atoms with van der Waals surface area (Å²) in [6, 6.07) is 7.36. The van der Waals surface area contributed by atoms with Crippen molar-refractivity contribution in [1.82, 2.24) is 25.1 Å². The number of tetrazole rings is 1. The Morgan fingerprint density at radius 3 is 2.73 bits per heavy atom. The number of nitrogens with zero attached hydrogens (tertiary/aromatic N) is 5. The van der Waals surface area contributed by atoms with E-state index < -0.39 is 0 Å². The third kappa shape index (κ3) is 3.67. The smallest absolute Gasteiger partial charge is 0.255 e. The molecule has 0 fully saturated rings. The zero-order chi connectivity index (χ0) is 16.1. The maximum Gasteiger partial charge on any atom is 0.255 e. The van der Waals surface area contributed by atoms with E-state index in [4.69, 9.17) is 5.73 Å². The predicted molar refractivity (Wildman–Crippen MR) is 83.5 cm³/mol. The number of rotatable bonds is 6. The predicted octanol–water partition coefficient (Wildman–Crippen LogP) is 1.11. The molecule has 1 amide bonds. The maximum atomic E-state index is 12.6. The second-order valence-corrected chi connectivity index (χ2v) is 5.69. The van der Waals surface area contributed by atoms with E-state index in [9.17, 15) is 4.79 Å². The van der Waals surface area contributed by atoms with Gasteiger partial charge in [0.15, 0.2) is 0 Å². The molecule has 0 aliphatic rings. The van der Waals surface area contributed by atoms with Crippen molar-refractivity contribution in [2.45, 2.75) is 26.3 Å². The summed E-state index contributed by atoms with van der Waals surface area (Å²) in [7, 11) is 1.78. The molecule has 22 heavy (non-hydrogen) atoms. The first kappa shape index (κ1) is 16.1. The molecule has 0 saturated heterocycles. The number of hydrogen-bond acceptors (Lipinski definition) is 5. The highest BCUT2D eigenvalue weighted by Crippen LogP contribution is 2.15. The summed E-state index contributed by atoms with van der Waals surface area (Å²) < 4.78 is 1.49. The van der Waals surface area contributed by atoms with Gasteiger partial charge in [-0.3, -0.25) is 4.79 Å². The summed E-state index contributed by atoms with van der Waals surface area (Å²) in [5, 5.41) is 11.1. The van der Waals surface area contributed by atoms with E-state index in [0.717, 1.165) is 6.42 Å². The molecule has 7 nitrogen and oxygen atoms in total. The van der Waals surface area contributed by atoms with Gasteiger partial charge in [0.1, 0.15) is 6.33 Å². The molecular formula is C15H22N6O. The molecule has 1 heterocycles. The summed E-state index contributed by atoms with van der Waals surface area (Å²) in [5.41, 5.74) is 7.27. The third-order valence-corrected chi connectivity index (χ3v) is 3.73. The highest BCUT2D eigenvalue weighted by Gasteiger charge is 2.18. The SMILES string of the molecule is CC(C)C(N)CCN(C)C(=O)c1ccccc1-n1cnnn1. The molecular weight excluding hydrogens is 280 g/mol. The Kier molecular flexibility index (Phi) is 5.21. The summed E-state index contributed by atoms with van der Waals surface area (Å²) in [6.07, 6.45) is 2.24. The molecule has 0 radical (unpaired) electrons. The van der Waals surface area contributed by atoms with E-state index in [2.05, 4.69) is 29.4 Å². The first-order valence-corrected chi connectivity index (χ1v) is 7.34. The molecule has 2 rings (SSSR count). The molecule has 7 heteroatoms. The molecule has 1 aromatic heterocycles. The minimum Gasteiger partial charge on any atom is -0.342 e. The largest absolute Gasteiger partial charge is 0.342 e. The fourth-order valence-corrected chi connectivity index (χ4v) is 2.11. The van der Waals surface area contributed by atoms with Gasteiger partial charge < -0.3 is 10.6 Å². The van der Waals surface area contributed by atoms with Gasteiger partial charge in [-0.05, 0) is 34.9 Å². The van der Waals surface area contributed by atoms with Crippen molar-refractivity contribution in [3.63, 3.8) is 0 Å². The van der Waals surface area contributed by atoms with Crippen molar-refractivity contribution in [2.24, 2.45) is 11.7 Å². The van der Waals surface area contributed by atoms with Crippen LogP contribution in [0.25, 0.3) is 5.69 Å². The van der Waals surface area contributed by atoms with Gasteiger partial charge in [0.25, 0.3) is 5.91 Å². The average Bonchev–Trinajstić information content (AvgIpc) is 3.05. The minimum atomic E-state index is -0.0675. The van der Waals surface area contributed by atoms with Crippen LogP contribution in [0, 0.1) is 5.92 Å². The summed E-state index contributed by atoms with van der Waals surface area (Å²) in [5.74, 6) is 0.332. The Balaban J connectivity index is 2.13. The van der Waals surface area contributed by atoms with Crippen LogP contribution in [0.1, 0.15) is 30.6 Å². The lowest BCUT2D eigenvalue weighted by Crippen LogP contribution is -2.35. The van der Waals surface area contributed by atoms with Gasteiger partial charge in [0.2, 0.25) is 0 Å². The Labute approximate surface area is 130 Å². The zero-order valence-corrected chi connectivity index (χ0v) is 13.2. The van der Waals surface area contributed by atoms with Crippen LogP contribution in [-0.2, 0) is 0 Å². The lowest BCUT2D eigenvalue weighted by molar-refractivity contribution is 0.0789. The summed E-state index contributed by atoms with van der Waals surface area (Å²) >= 11 is 0. The maximum absolute atomic E-state index is 12.6. The topological polar surface area (TPSA) is 89.9 Å². The van der Waals surface area contributed by atoms with E-state index in [1.807, 2.05) is 18.2 Å². The quantitative estimate of drug-likeness (QED) is 0.863. The van der Waals surface area contributed by atoms with Crippen LogP contribution in [0.2, 0.25) is 0 Å². The number of hydrogen-bond donors (Lipinski definition) is 1. The van der Waals surface area contributed by atoms with E-state index in [1.165, 1.54) is 11.0 Å². The van der Waals surface area contributed by atoms with Gasteiger partial charge >= 0.3 is 0 Å². The summed E-state index contributed by atoms with van der Waals surface area (Å²) in [6.45, 7) is 4.78. The normalized spacial score (nSPS) is 12.4. The molecule has 1 unspecified atom stereocenters. The highest BCUT2D eigenvalue weighted by atomic mass is 16.2. The molecule has 2 aromatic rings. The van der Waals surface area contributed by atoms with Crippen molar-refractivity contribution >= 4 is 5.91 Å². The first-order valence-electron chi connectivity index (χ1n) is 7.34. The van der Waals surface area contributed by atoms with Crippen LogP contribution in [0.15, 0.2) is 30.6 Å². The van der Waals surface area contributed by atoms with Crippen molar-refractivity contribution in [3.8, 4) is 5.69 Å². The van der Waals surface area contributed by atoms with E-state index in [1.54, 1.807) is 18.0 Å². The van der Waals surface area contributed by atoms with E-state index >= 15 is 0 Å². The molecule has 1 aromatic carbocycles. The van der Waals surface area contributed by atoms with Crippen LogP contribution in [-0.4, -0.2) is 50.6 Å². The molecule has 1 atom stereocenters. The summed E-state index contributed by atoms with van der Waals surface area (Å²) in [4.78, 5) is 14.3.